The molecule has 15 heavy (non-hydrogen) atoms. The molecule has 1 aliphatic carbocycles. The van der Waals surface area contributed by atoms with Gasteiger partial charge in [0.1, 0.15) is 0 Å². The molecule has 0 aliphatic heterocycles. The average molecular weight is 205 g/mol. The van der Waals surface area contributed by atoms with Gasteiger partial charge in [-0.15, -0.1) is 0 Å². The van der Waals surface area contributed by atoms with Crippen LogP contribution in [0.15, 0.2) is 24.3 Å². The van der Waals surface area contributed by atoms with Gasteiger partial charge in [-0.3, -0.25) is 0 Å². The van der Waals surface area contributed by atoms with E-state index < -0.39 is 5.60 Å². The summed E-state index contributed by atoms with van der Waals surface area (Å²) < 4.78 is 0. The molecule has 0 spiro atoms. The Bertz CT molecular complexity index is 344. The predicted octanol–water partition coefficient (Wildman–Crippen LogP) is 1.82. The third kappa shape index (κ3) is 2.58. The largest absolute Gasteiger partial charge is 0.390 e. The van der Waals surface area contributed by atoms with E-state index >= 15 is 0 Å². The van der Waals surface area contributed by atoms with Crippen LogP contribution in [0.4, 0.5) is 0 Å². The topological polar surface area (TPSA) is 46.2 Å². The summed E-state index contributed by atoms with van der Waals surface area (Å²) in [7, 11) is 0. The molecule has 2 heteroatoms. The van der Waals surface area contributed by atoms with E-state index in [1.165, 1.54) is 11.1 Å². The van der Waals surface area contributed by atoms with Gasteiger partial charge in [0.25, 0.3) is 0 Å². The van der Waals surface area contributed by atoms with Gasteiger partial charge >= 0.3 is 0 Å². The number of nitrogens with two attached hydrogens (primary N) is 1. The van der Waals surface area contributed by atoms with Crippen molar-refractivity contribution in [2.45, 2.75) is 37.7 Å². The molecule has 0 amide bonds. The molecule has 3 N–H and O–H groups in total. The molecular weight excluding hydrogens is 186 g/mol. The molecule has 0 bridgehead atoms. The normalized spacial score (nSPS) is 19.9. The summed E-state index contributed by atoms with van der Waals surface area (Å²) in [5, 5.41) is 9.84. The minimum Gasteiger partial charge on any atom is -0.390 e. The van der Waals surface area contributed by atoms with Gasteiger partial charge in [0.15, 0.2) is 0 Å². The van der Waals surface area contributed by atoms with Crippen LogP contribution in [0, 0.1) is 0 Å². The fourth-order valence-corrected chi connectivity index (χ4v) is 1.85. The van der Waals surface area contributed by atoms with Gasteiger partial charge in [-0.2, -0.15) is 0 Å². The minimum atomic E-state index is -0.398. The molecular formula is C13H19NO. The lowest BCUT2D eigenvalue weighted by atomic mass is 9.97. The van der Waals surface area contributed by atoms with Gasteiger partial charge in [-0.25, -0.2) is 0 Å². The highest BCUT2D eigenvalue weighted by Crippen LogP contribution is 2.38. The maximum atomic E-state index is 9.84. The summed E-state index contributed by atoms with van der Waals surface area (Å²) in [5.74, 6) is 0.402. The van der Waals surface area contributed by atoms with Crippen molar-refractivity contribution in [2.75, 3.05) is 6.54 Å². The summed E-state index contributed by atoms with van der Waals surface area (Å²) in [6.45, 7) is 2.80. The van der Waals surface area contributed by atoms with E-state index in [2.05, 4.69) is 31.2 Å². The molecule has 1 unspecified atom stereocenters. The molecule has 2 rings (SSSR count). The van der Waals surface area contributed by atoms with E-state index in [1.807, 2.05) is 0 Å². The lowest BCUT2D eigenvalue weighted by Gasteiger charge is -2.12. The first-order valence-corrected chi connectivity index (χ1v) is 5.64. The Balaban J connectivity index is 2.11. The van der Waals surface area contributed by atoms with Crippen LogP contribution < -0.4 is 5.73 Å². The van der Waals surface area contributed by atoms with Crippen molar-refractivity contribution in [1.82, 2.24) is 0 Å². The molecule has 0 radical (unpaired) electrons. The second-order valence-electron chi connectivity index (χ2n) is 4.78. The molecule has 1 aliphatic rings. The van der Waals surface area contributed by atoms with Crippen LogP contribution in [0.25, 0.3) is 0 Å². The number of benzene rings is 1. The molecule has 1 aromatic rings. The third-order valence-corrected chi connectivity index (χ3v) is 3.23. The second-order valence-corrected chi connectivity index (χ2v) is 4.78. The lowest BCUT2D eigenvalue weighted by molar-refractivity contribution is 0.151. The monoisotopic (exact) mass is 205 g/mol. The first kappa shape index (κ1) is 10.7. The van der Waals surface area contributed by atoms with Crippen LogP contribution in [-0.4, -0.2) is 17.3 Å². The Morgan fingerprint density at radius 2 is 2.20 bits per heavy atom. The summed E-state index contributed by atoms with van der Waals surface area (Å²) in [4.78, 5) is 0. The van der Waals surface area contributed by atoms with Crippen molar-refractivity contribution in [3.63, 3.8) is 0 Å². The first-order valence-electron chi connectivity index (χ1n) is 5.64. The molecule has 1 atom stereocenters. The van der Waals surface area contributed by atoms with E-state index in [0.29, 0.717) is 12.5 Å². The smallest absolute Gasteiger partial charge is 0.0690 e. The fourth-order valence-electron chi connectivity index (χ4n) is 1.85. The molecule has 1 aromatic carbocycles. The van der Waals surface area contributed by atoms with Gasteiger partial charge in [0, 0.05) is 6.42 Å². The fraction of sp³-hybridized carbons (Fsp3) is 0.538. The van der Waals surface area contributed by atoms with Gasteiger partial charge < -0.3 is 10.8 Å². The van der Waals surface area contributed by atoms with Gasteiger partial charge in [-0.05, 0) is 36.4 Å². The summed E-state index contributed by atoms with van der Waals surface area (Å²) in [6, 6.07) is 8.43. The maximum Gasteiger partial charge on any atom is 0.0690 e. The zero-order valence-corrected chi connectivity index (χ0v) is 9.24. The van der Waals surface area contributed by atoms with Crippen LogP contribution in [0.2, 0.25) is 0 Å². The Morgan fingerprint density at radius 1 is 1.47 bits per heavy atom. The number of aliphatic hydroxyl groups is 1. The highest BCUT2D eigenvalue weighted by Gasteiger charge is 2.40. The van der Waals surface area contributed by atoms with Gasteiger partial charge in [0.05, 0.1) is 5.60 Å². The van der Waals surface area contributed by atoms with Crippen molar-refractivity contribution in [3.8, 4) is 0 Å². The van der Waals surface area contributed by atoms with Crippen LogP contribution in [0.1, 0.15) is 36.8 Å². The quantitative estimate of drug-likeness (QED) is 0.787. The first-order chi connectivity index (χ1) is 7.13. The number of hydrogen-bond acceptors (Lipinski definition) is 2. The second kappa shape index (κ2) is 3.95. The van der Waals surface area contributed by atoms with E-state index in [0.717, 1.165) is 19.3 Å². The number of rotatable bonds is 4. The van der Waals surface area contributed by atoms with Gasteiger partial charge in [0.2, 0.25) is 0 Å². The molecule has 1 fully saturated rings. The Kier molecular flexibility index (Phi) is 2.81. The number of hydrogen-bond donors (Lipinski definition) is 2. The average Bonchev–Trinajstić information content (AvgIpc) is 2.95. The predicted molar refractivity (Wildman–Crippen MR) is 61.8 cm³/mol. The molecule has 1 saturated carbocycles. The van der Waals surface area contributed by atoms with E-state index in [1.54, 1.807) is 0 Å². The van der Waals surface area contributed by atoms with Crippen molar-refractivity contribution in [1.29, 1.82) is 0 Å². The van der Waals surface area contributed by atoms with Crippen molar-refractivity contribution < 1.29 is 5.11 Å². The summed E-state index contributed by atoms with van der Waals surface area (Å²) in [6.07, 6.45) is 2.69. The highest BCUT2D eigenvalue weighted by molar-refractivity contribution is 5.28. The minimum absolute atomic E-state index is 0.398. The molecule has 0 saturated heterocycles. The van der Waals surface area contributed by atoms with Gasteiger partial charge in [-0.1, -0.05) is 31.2 Å². The van der Waals surface area contributed by atoms with Crippen molar-refractivity contribution in [3.05, 3.63) is 35.4 Å². The van der Waals surface area contributed by atoms with Crippen LogP contribution in [0.5, 0.6) is 0 Å². The van der Waals surface area contributed by atoms with E-state index in [-0.39, 0.29) is 0 Å². The van der Waals surface area contributed by atoms with Crippen LogP contribution in [-0.2, 0) is 6.42 Å². The Labute approximate surface area is 91.1 Å². The van der Waals surface area contributed by atoms with Crippen molar-refractivity contribution >= 4 is 0 Å². The lowest BCUT2D eigenvalue weighted by Crippen LogP contribution is -2.12. The zero-order valence-electron chi connectivity index (χ0n) is 9.24. The van der Waals surface area contributed by atoms with E-state index in [4.69, 9.17) is 5.73 Å². The maximum absolute atomic E-state index is 9.84. The summed E-state index contributed by atoms with van der Waals surface area (Å²) in [5.41, 5.74) is 7.75. The molecule has 2 nitrogen and oxygen atoms in total. The highest BCUT2D eigenvalue weighted by atomic mass is 16.3. The molecule has 0 heterocycles. The molecule has 0 aromatic heterocycles. The Hall–Kier alpha value is -0.860. The van der Waals surface area contributed by atoms with E-state index in [9.17, 15) is 5.11 Å². The summed E-state index contributed by atoms with van der Waals surface area (Å²) >= 11 is 0. The molecule has 82 valence electrons. The zero-order chi connectivity index (χ0) is 10.9. The third-order valence-electron chi connectivity index (χ3n) is 3.23. The van der Waals surface area contributed by atoms with Crippen LogP contribution in [0.3, 0.4) is 0 Å². The standard InChI is InChI=1S/C13H19NO/c1-10(9-14)12-4-2-3-11(7-12)8-13(15)5-6-13/h2-4,7,10,15H,5-6,8-9,14H2,1H3. The Morgan fingerprint density at radius 3 is 2.80 bits per heavy atom. The van der Waals surface area contributed by atoms with Crippen molar-refractivity contribution in [2.24, 2.45) is 5.73 Å². The van der Waals surface area contributed by atoms with Crippen LogP contribution >= 0.6 is 0 Å². The SMILES string of the molecule is CC(CN)c1cccc(CC2(O)CC2)c1.